The first-order valence-electron chi connectivity index (χ1n) is 13.0. The number of hydrogen-bond acceptors (Lipinski definition) is 6. The number of carboxylic acid groups (broad SMARTS) is 1. The molecule has 0 saturated carbocycles. The van der Waals surface area contributed by atoms with Crippen molar-refractivity contribution in [1.29, 1.82) is 0 Å². The molecule has 2 N–H and O–H groups in total. The van der Waals surface area contributed by atoms with E-state index >= 15 is 0 Å². The minimum atomic E-state index is -1.68. The molecular formula is C30H36O7S2. The lowest BCUT2D eigenvalue weighted by Crippen LogP contribution is -2.23. The van der Waals surface area contributed by atoms with Crippen molar-refractivity contribution < 1.29 is 33.0 Å². The second kappa shape index (κ2) is 12.6. The zero-order valence-corrected chi connectivity index (χ0v) is 24.5. The predicted molar refractivity (Wildman–Crippen MR) is 155 cm³/mol. The van der Waals surface area contributed by atoms with E-state index in [1.54, 1.807) is 38.1 Å². The monoisotopic (exact) mass is 572 g/mol. The molecule has 1 aromatic rings. The molecule has 39 heavy (non-hydrogen) atoms. The summed E-state index contributed by atoms with van der Waals surface area (Å²) in [5, 5.41) is 18.9. The van der Waals surface area contributed by atoms with Crippen molar-refractivity contribution >= 4 is 48.9 Å². The van der Waals surface area contributed by atoms with Crippen molar-refractivity contribution in [2.24, 2.45) is 10.8 Å². The van der Waals surface area contributed by atoms with E-state index in [9.17, 15) is 33.0 Å². The molecule has 0 saturated heterocycles. The molecule has 0 radical (unpaired) electrons. The fourth-order valence-electron chi connectivity index (χ4n) is 4.39. The Morgan fingerprint density at radius 2 is 1.21 bits per heavy atom. The number of aliphatic hydroxyl groups excluding tert-OH is 1. The Bertz CT molecular complexity index is 1340. The Hall–Kier alpha value is -2.75. The molecule has 2 atom stereocenters. The molecule has 0 aliphatic carbocycles. The van der Waals surface area contributed by atoms with Gasteiger partial charge in [-0.25, -0.2) is 8.42 Å². The van der Waals surface area contributed by atoms with Crippen LogP contribution in [-0.4, -0.2) is 42.8 Å². The molecule has 210 valence electrons. The van der Waals surface area contributed by atoms with Crippen LogP contribution < -0.4 is 0 Å². The van der Waals surface area contributed by atoms with Crippen LogP contribution in [0.1, 0.15) is 77.3 Å². The molecule has 2 aliphatic rings. The third-order valence-electron chi connectivity index (χ3n) is 7.00. The number of allylic oxidation sites excluding steroid dienone is 6. The Labute approximate surface area is 234 Å². The van der Waals surface area contributed by atoms with E-state index < -0.39 is 33.0 Å². The number of rotatable bonds is 12. The molecule has 0 bridgehead atoms. The van der Waals surface area contributed by atoms with Crippen LogP contribution in [0.5, 0.6) is 0 Å². The predicted octanol–water partition coefficient (Wildman–Crippen LogP) is 5.27. The quantitative estimate of drug-likeness (QED) is 0.349. The summed E-state index contributed by atoms with van der Waals surface area (Å²) < 4.78 is 27.2. The fourth-order valence-corrected chi connectivity index (χ4v) is 7.26. The van der Waals surface area contributed by atoms with Crippen molar-refractivity contribution in [3.8, 4) is 0 Å². The number of carbonyl (C=O) groups is 3. The van der Waals surface area contributed by atoms with Crippen molar-refractivity contribution in [2.75, 3.05) is 6.61 Å². The van der Waals surface area contributed by atoms with Gasteiger partial charge in [0.1, 0.15) is 0 Å². The molecule has 2 aliphatic heterocycles. The van der Waals surface area contributed by atoms with Crippen molar-refractivity contribution in [3.05, 3.63) is 69.5 Å². The smallest absolute Gasteiger partial charge is 0.309 e. The first-order chi connectivity index (χ1) is 18.3. The average molecular weight is 573 g/mol. The van der Waals surface area contributed by atoms with Crippen molar-refractivity contribution in [3.63, 3.8) is 0 Å². The number of hydrogen-bond donors (Lipinski definition) is 2. The molecular weight excluding hydrogens is 536 g/mol. The Kier molecular flexibility index (Phi) is 9.96. The van der Waals surface area contributed by atoms with Gasteiger partial charge in [0, 0.05) is 28.6 Å². The molecule has 1 aromatic carbocycles. The molecule has 0 fully saturated rings. The summed E-state index contributed by atoms with van der Waals surface area (Å²) in [7, 11) is -3.30. The van der Waals surface area contributed by atoms with Gasteiger partial charge in [0.2, 0.25) is 0 Å². The second-order valence-electron chi connectivity index (χ2n) is 11.3. The number of carboxylic acids is 1. The number of ketones is 2. The van der Waals surface area contributed by atoms with Crippen LogP contribution in [0.3, 0.4) is 0 Å². The van der Waals surface area contributed by atoms with Gasteiger partial charge in [0.05, 0.1) is 36.8 Å². The van der Waals surface area contributed by atoms with Gasteiger partial charge in [0.15, 0.2) is 11.6 Å². The van der Waals surface area contributed by atoms with Gasteiger partial charge in [-0.2, -0.15) is 0 Å². The number of benzene rings is 1. The molecule has 3 rings (SSSR count). The molecule has 9 heteroatoms. The lowest BCUT2D eigenvalue weighted by molar-refractivity contribution is -0.147. The molecule has 2 unspecified atom stereocenters. The summed E-state index contributed by atoms with van der Waals surface area (Å²) in [5.41, 5.74) is -0.262. The van der Waals surface area contributed by atoms with E-state index in [-0.39, 0.29) is 28.5 Å². The molecule has 0 spiro atoms. The average Bonchev–Trinajstić information content (AvgIpc) is 2.87. The first kappa shape index (κ1) is 30.8. The molecule has 0 aromatic heterocycles. The third kappa shape index (κ3) is 7.68. The fraction of sp³-hybridized carbons (Fsp3) is 0.433. The highest BCUT2D eigenvalue weighted by atomic mass is 32.2. The van der Waals surface area contributed by atoms with E-state index in [0.29, 0.717) is 64.4 Å². The van der Waals surface area contributed by atoms with E-state index in [1.807, 2.05) is 13.8 Å². The lowest BCUT2D eigenvalue weighted by Gasteiger charge is -2.23. The van der Waals surface area contributed by atoms with Crippen LogP contribution in [0.4, 0.5) is 0 Å². The lowest BCUT2D eigenvalue weighted by atomic mass is 9.87. The Balaban J connectivity index is 1.84. The maximum Gasteiger partial charge on any atom is 0.309 e. The number of aliphatic carboxylic acids is 1. The van der Waals surface area contributed by atoms with E-state index in [2.05, 4.69) is 0 Å². The molecule has 7 nitrogen and oxygen atoms in total. The van der Waals surface area contributed by atoms with E-state index in [4.69, 9.17) is 0 Å². The number of aliphatic hydroxyl groups is 1. The second-order valence-corrected chi connectivity index (χ2v) is 14.3. The highest BCUT2D eigenvalue weighted by Crippen LogP contribution is 2.38. The van der Waals surface area contributed by atoms with Crippen LogP contribution in [0.2, 0.25) is 0 Å². The maximum absolute atomic E-state index is 13.6. The third-order valence-corrected chi connectivity index (χ3v) is 10.1. The van der Waals surface area contributed by atoms with Gasteiger partial charge in [-0.05, 0) is 81.1 Å². The van der Waals surface area contributed by atoms with E-state index in [0.717, 1.165) is 0 Å². The zero-order valence-electron chi connectivity index (χ0n) is 22.8. The topological polar surface area (TPSA) is 126 Å². The first-order valence-corrected chi connectivity index (χ1v) is 15.3. The maximum atomic E-state index is 13.6. The van der Waals surface area contributed by atoms with Gasteiger partial charge in [-0.15, -0.1) is 0 Å². The van der Waals surface area contributed by atoms with Gasteiger partial charge < -0.3 is 10.2 Å². The molecule has 0 amide bonds. The highest BCUT2D eigenvalue weighted by Gasteiger charge is 2.30. The van der Waals surface area contributed by atoms with Crippen LogP contribution >= 0.6 is 0 Å². The Morgan fingerprint density at radius 3 is 1.62 bits per heavy atom. The SMILES string of the molecule is CC(C)(CO)CCCC1=CC(=O)C=C(c2ccccc2C2=CC(=O)C=C(CCCC(C)(C)C(=O)O)S2=O)S1=O. The minimum Gasteiger partial charge on any atom is -0.481 e. The summed E-state index contributed by atoms with van der Waals surface area (Å²) in [6.45, 7) is 7.18. The number of carbonyl (C=O) groups excluding carboxylic acids is 2. The van der Waals surface area contributed by atoms with Gasteiger partial charge in [-0.1, -0.05) is 38.1 Å². The Morgan fingerprint density at radius 1 is 0.769 bits per heavy atom. The summed E-state index contributed by atoms with van der Waals surface area (Å²) >= 11 is 0. The van der Waals surface area contributed by atoms with Gasteiger partial charge in [-0.3, -0.25) is 14.4 Å². The van der Waals surface area contributed by atoms with Gasteiger partial charge in [0.25, 0.3) is 0 Å². The normalized spacial score (nSPS) is 20.2. The summed E-state index contributed by atoms with van der Waals surface area (Å²) in [6.07, 6.45) is 8.28. The van der Waals surface area contributed by atoms with Crippen molar-refractivity contribution in [1.82, 2.24) is 0 Å². The highest BCUT2D eigenvalue weighted by molar-refractivity contribution is 7.99. The van der Waals surface area contributed by atoms with Crippen molar-refractivity contribution in [2.45, 2.75) is 66.2 Å². The van der Waals surface area contributed by atoms with Gasteiger partial charge >= 0.3 is 5.97 Å². The summed E-state index contributed by atoms with van der Waals surface area (Å²) in [5.74, 6) is -1.53. The zero-order chi connectivity index (χ0) is 29.0. The largest absolute Gasteiger partial charge is 0.481 e. The van der Waals surface area contributed by atoms with Crippen LogP contribution in [0.15, 0.2) is 58.4 Å². The van der Waals surface area contributed by atoms with E-state index in [1.165, 1.54) is 24.3 Å². The molecule has 2 heterocycles. The standard InChI is InChI=1S/C30H36O7S2/c1-29(2,19-31)13-7-9-22-15-20(32)17-26(38(22)36)24-11-5-6-12-25(24)27-18-21(33)16-23(39(27)37)10-8-14-30(3,4)28(34)35/h5-6,11-12,15-18,31H,7-10,13-14,19H2,1-4H3,(H,34,35). The van der Waals surface area contributed by atoms with Crippen LogP contribution in [-0.2, 0) is 36.0 Å². The van der Waals surface area contributed by atoms with Crippen LogP contribution in [0.25, 0.3) is 9.81 Å². The minimum absolute atomic E-state index is 0.0331. The summed E-state index contributed by atoms with van der Waals surface area (Å²) in [6, 6.07) is 6.88. The summed E-state index contributed by atoms with van der Waals surface area (Å²) in [4.78, 5) is 38.1. The van der Waals surface area contributed by atoms with Crippen LogP contribution in [0, 0.1) is 10.8 Å².